The lowest BCUT2D eigenvalue weighted by Gasteiger charge is -2.25. The largest absolute Gasteiger partial charge is 0.492 e. The van der Waals surface area contributed by atoms with Gasteiger partial charge in [-0.3, -0.25) is 0 Å². The highest BCUT2D eigenvalue weighted by molar-refractivity contribution is 7.99. The van der Waals surface area contributed by atoms with E-state index in [0.717, 1.165) is 24.1 Å². The smallest absolute Gasteiger partial charge is 0.318 e. The van der Waals surface area contributed by atoms with Crippen LogP contribution in [-0.2, 0) is 6.54 Å². The number of nitrogens with one attached hydrogen (secondary N) is 1. The number of hydrogen-bond donors (Lipinski definition) is 1. The molecule has 0 unspecified atom stereocenters. The van der Waals surface area contributed by atoms with Crippen molar-refractivity contribution in [3.05, 3.63) is 64.7 Å². The lowest BCUT2D eigenvalue weighted by molar-refractivity contribution is 0.215. The van der Waals surface area contributed by atoms with Gasteiger partial charge in [0.05, 0.1) is 17.7 Å². The predicted molar refractivity (Wildman–Crippen MR) is 123 cm³/mol. The number of urea groups is 1. The summed E-state index contributed by atoms with van der Waals surface area (Å²) in [6.45, 7) is 5.26. The van der Waals surface area contributed by atoms with Gasteiger partial charge in [0.15, 0.2) is 0 Å². The second-order valence-electron chi connectivity index (χ2n) is 7.71. The van der Waals surface area contributed by atoms with Crippen LogP contribution in [0.4, 0.5) is 4.79 Å². The number of amides is 2. The van der Waals surface area contributed by atoms with Crippen molar-refractivity contribution in [2.45, 2.75) is 19.0 Å². The number of hydrogen-bond acceptors (Lipinski definition) is 4. The van der Waals surface area contributed by atoms with Crippen LogP contribution >= 0.6 is 23.4 Å². The van der Waals surface area contributed by atoms with E-state index in [2.05, 4.69) is 10.2 Å². The molecular weight excluding hydrogens is 418 g/mol. The van der Waals surface area contributed by atoms with Gasteiger partial charge >= 0.3 is 6.03 Å². The van der Waals surface area contributed by atoms with Gasteiger partial charge in [-0.1, -0.05) is 48.0 Å². The minimum Gasteiger partial charge on any atom is -0.492 e. The first-order valence-corrected chi connectivity index (χ1v) is 12.0. The molecular formula is C23H28ClN3O2S. The third-order valence-electron chi connectivity index (χ3n) is 5.54. The van der Waals surface area contributed by atoms with Crippen molar-refractivity contribution in [3.63, 3.8) is 0 Å². The number of carbonyl (C=O) groups excluding carboxylic acids is 1. The maximum absolute atomic E-state index is 12.4. The third kappa shape index (κ3) is 5.62. The van der Waals surface area contributed by atoms with Crippen LogP contribution < -0.4 is 10.1 Å². The zero-order valence-electron chi connectivity index (χ0n) is 17.1. The molecule has 0 aliphatic carbocycles. The fourth-order valence-corrected chi connectivity index (χ4v) is 5.11. The lowest BCUT2D eigenvalue weighted by Crippen LogP contribution is -2.33. The highest BCUT2D eigenvalue weighted by atomic mass is 35.5. The number of halogens is 1. The number of rotatable bonds is 8. The summed E-state index contributed by atoms with van der Waals surface area (Å²) in [6.07, 6.45) is 0.998. The van der Waals surface area contributed by atoms with Crippen LogP contribution in [0.2, 0.25) is 5.02 Å². The van der Waals surface area contributed by atoms with E-state index < -0.39 is 0 Å². The molecule has 1 N–H and O–H groups in total. The Labute approximate surface area is 187 Å². The van der Waals surface area contributed by atoms with Crippen molar-refractivity contribution in [2.75, 3.05) is 44.3 Å². The molecule has 0 saturated carbocycles. The Kier molecular flexibility index (Phi) is 7.42. The van der Waals surface area contributed by atoms with E-state index in [9.17, 15) is 4.79 Å². The van der Waals surface area contributed by atoms with E-state index in [1.807, 2.05) is 65.2 Å². The second kappa shape index (κ2) is 10.4. The van der Waals surface area contributed by atoms with E-state index in [1.54, 1.807) is 0 Å². The Morgan fingerprint density at radius 1 is 1.13 bits per heavy atom. The molecule has 5 nitrogen and oxygen atoms in total. The van der Waals surface area contributed by atoms with Gasteiger partial charge in [-0.05, 0) is 29.7 Å². The molecule has 7 heteroatoms. The summed E-state index contributed by atoms with van der Waals surface area (Å²) in [6, 6.07) is 15.8. The molecule has 2 amide bonds. The summed E-state index contributed by atoms with van der Waals surface area (Å²) < 4.78 is 5.89. The maximum atomic E-state index is 12.4. The number of benzene rings is 2. The summed E-state index contributed by atoms with van der Waals surface area (Å²) in [7, 11) is 0. The average Bonchev–Trinajstić information content (AvgIpc) is 3.14. The van der Waals surface area contributed by atoms with Gasteiger partial charge in [0.1, 0.15) is 5.75 Å². The number of nitrogens with zero attached hydrogens (tertiary/aromatic N) is 2. The standard InChI is InChI=1S/C23H28ClN3O2S/c24-20-15-18(7-8-22(20)29-12-4-9-26-10-13-30-14-11-26)16-27-17-21(25-23(27)28)19-5-2-1-3-6-19/h1-3,5-8,15,21H,4,9-14,16-17H2,(H,25,28)/t21-/m1/s1. The monoisotopic (exact) mass is 445 g/mol. The van der Waals surface area contributed by atoms with Crippen molar-refractivity contribution in [3.8, 4) is 5.75 Å². The summed E-state index contributed by atoms with van der Waals surface area (Å²) >= 11 is 8.48. The molecule has 160 valence electrons. The van der Waals surface area contributed by atoms with Gasteiger partial charge in [0.2, 0.25) is 0 Å². The molecule has 0 spiro atoms. The molecule has 0 radical (unpaired) electrons. The first kappa shape index (κ1) is 21.3. The Morgan fingerprint density at radius 2 is 1.93 bits per heavy atom. The molecule has 2 heterocycles. The first-order valence-electron chi connectivity index (χ1n) is 10.5. The Bertz CT molecular complexity index is 846. The molecule has 30 heavy (non-hydrogen) atoms. The van der Waals surface area contributed by atoms with E-state index in [1.165, 1.54) is 24.6 Å². The number of thioether (sulfide) groups is 1. The van der Waals surface area contributed by atoms with Crippen LogP contribution in [0.15, 0.2) is 48.5 Å². The van der Waals surface area contributed by atoms with E-state index >= 15 is 0 Å². The maximum Gasteiger partial charge on any atom is 0.318 e. The van der Waals surface area contributed by atoms with Crippen molar-refractivity contribution in [1.29, 1.82) is 0 Å². The van der Waals surface area contributed by atoms with Gasteiger partial charge in [0.25, 0.3) is 0 Å². The molecule has 0 bridgehead atoms. The molecule has 2 aromatic rings. The molecule has 0 aromatic heterocycles. The lowest BCUT2D eigenvalue weighted by atomic mass is 10.1. The van der Waals surface area contributed by atoms with E-state index in [-0.39, 0.29) is 12.1 Å². The molecule has 2 saturated heterocycles. The Hall–Kier alpha value is -1.89. The summed E-state index contributed by atoms with van der Waals surface area (Å²) in [5.74, 6) is 3.17. The number of carbonyl (C=O) groups is 1. The highest BCUT2D eigenvalue weighted by Crippen LogP contribution is 2.28. The van der Waals surface area contributed by atoms with Crippen LogP contribution in [0.5, 0.6) is 5.75 Å². The number of ether oxygens (including phenoxy) is 1. The fourth-order valence-electron chi connectivity index (χ4n) is 3.87. The molecule has 4 rings (SSSR count). The third-order valence-corrected chi connectivity index (χ3v) is 6.78. The zero-order valence-corrected chi connectivity index (χ0v) is 18.6. The van der Waals surface area contributed by atoms with Crippen LogP contribution in [0.1, 0.15) is 23.6 Å². The highest BCUT2D eigenvalue weighted by Gasteiger charge is 2.29. The van der Waals surface area contributed by atoms with E-state index in [0.29, 0.717) is 30.5 Å². The van der Waals surface area contributed by atoms with Gasteiger partial charge in [-0.25, -0.2) is 4.79 Å². The van der Waals surface area contributed by atoms with Crippen LogP contribution in [0, 0.1) is 0 Å². The van der Waals surface area contributed by atoms with Crippen molar-refractivity contribution >= 4 is 29.4 Å². The molecule has 2 aromatic carbocycles. The van der Waals surface area contributed by atoms with Crippen LogP contribution in [0.25, 0.3) is 0 Å². The zero-order chi connectivity index (χ0) is 20.8. The van der Waals surface area contributed by atoms with Crippen LogP contribution in [-0.4, -0.2) is 60.1 Å². The Morgan fingerprint density at radius 3 is 2.70 bits per heavy atom. The van der Waals surface area contributed by atoms with Crippen LogP contribution in [0.3, 0.4) is 0 Å². The SMILES string of the molecule is O=C1N[C@@H](c2ccccc2)CN1Cc1ccc(OCCCN2CCSCC2)c(Cl)c1. The second-order valence-corrected chi connectivity index (χ2v) is 9.35. The van der Waals surface area contributed by atoms with E-state index in [4.69, 9.17) is 16.3 Å². The first-order chi connectivity index (χ1) is 14.7. The molecule has 2 aliphatic heterocycles. The predicted octanol–water partition coefficient (Wildman–Crippen LogP) is 4.42. The molecule has 2 aliphatic rings. The van der Waals surface area contributed by atoms with Crippen molar-refractivity contribution in [1.82, 2.24) is 15.1 Å². The fraction of sp³-hybridized carbons (Fsp3) is 0.435. The minimum absolute atomic E-state index is 0.0234. The molecule has 2 fully saturated rings. The normalized spacial score (nSPS) is 19.7. The van der Waals surface area contributed by atoms with Gasteiger partial charge in [-0.2, -0.15) is 11.8 Å². The van der Waals surface area contributed by atoms with Gasteiger partial charge in [-0.15, -0.1) is 0 Å². The molecule has 1 atom stereocenters. The quantitative estimate of drug-likeness (QED) is 0.611. The topological polar surface area (TPSA) is 44.8 Å². The summed E-state index contributed by atoms with van der Waals surface area (Å²) in [5.41, 5.74) is 2.13. The van der Waals surface area contributed by atoms with Crippen molar-refractivity contribution < 1.29 is 9.53 Å². The summed E-state index contributed by atoms with van der Waals surface area (Å²) in [4.78, 5) is 16.7. The minimum atomic E-state index is -0.0450. The van der Waals surface area contributed by atoms with Gasteiger partial charge < -0.3 is 19.9 Å². The van der Waals surface area contributed by atoms with Crippen molar-refractivity contribution in [2.24, 2.45) is 0 Å². The Balaban J connectivity index is 1.26. The van der Waals surface area contributed by atoms with Gasteiger partial charge in [0, 0.05) is 44.2 Å². The summed E-state index contributed by atoms with van der Waals surface area (Å²) in [5, 5.41) is 3.65. The average molecular weight is 446 g/mol.